The van der Waals surface area contributed by atoms with Gasteiger partial charge in [0.1, 0.15) is 30.2 Å². The first-order valence-corrected chi connectivity index (χ1v) is 12.3. The summed E-state index contributed by atoms with van der Waals surface area (Å²) in [4.78, 5) is 59.9. The molecule has 0 aromatic heterocycles. The SMILES string of the molecule is CC(C)[C@H](N)C(=O)O.CC(C)[C@H](N)C(=O)O.C[C@H](N)C(=O)O.NC(=O)CC[C@H](N)C(=O)O.O=C(O)[C@@H]1CCCN1. The Balaban J connectivity index is -0.000000204. The van der Waals surface area contributed by atoms with Crippen molar-refractivity contribution in [3.05, 3.63) is 0 Å². The van der Waals surface area contributed by atoms with Crippen molar-refractivity contribution in [1.29, 1.82) is 0 Å². The van der Waals surface area contributed by atoms with Crippen molar-refractivity contribution in [2.24, 2.45) is 40.5 Å². The largest absolute Gasteiger partial charge is 0.480 e. The zero-order valence-corrected chi connectivity index (χ0v) is 23.6. The highest BCUT2D eigenvalue weighted by Crippen LogP contribution is 2.03. The van der Waals surface area contributed by atoms with Crippen LogP contribution >= 0.6 is 0 Å². The highest BCUT2D eigenvalue weighted by atomic mass is 16.4. The number of hydrogen-bond donors (Lipinski definition) is 11. The maximum absolute atomic E-state index is 10.1. The molecule has 0 saturated carbocycles. The van der Waals surface area contributed by atoms with Crippen molar-refractivity contribution in [3.63, 3.8) is 0 Å². The second-order valence-electron chi connectivity index (χ2n) is 9.28. The standard InChI is InChI=1S/C5H10N2O3.C5H9NO2.2C5H11NO2.C3H7NO2/c6-3(5(9)10)1-2-4(7)8;7-5(8)4-2-1-3-6-4;2*1-3(2)4(6)5(7)8;1-2(4)3(5)6/h3H,1-2,6H2,(H2,7,8)(H,9,10);4,6H,1-3H2,(H,7,8);2*3-4H,6H2,1-2H3,(H,7,8);2H,4H2,1H3,(H,5,6)/t3-;3*4-;2-/m00000/s1. The lowest BCUT2D eigenvalue weighted by Crippen LogP contribution is -2.34. The van der Waals surface area contributed by atoms with Crippen molar-refractivity contribution in [2.45, 2.75) is 90.5 Å². The van der Waals surface area contributed by atoms with E-state index >= 15 is 0 Å². The average Bonchev–Trinajstić information content (AvgIpc) is 3.38. The molecule has 0 aromatic rings. The Morgan fingerprint density at radius 1 is 0.725 bits per heavy atom. The quantitative estimate of drug-likeness (QED) is 0.132. The molecular weight excluding hydrogens is 536 g/mol. The van der Waals surface area contributed by atoms with Crippen LogP contribution in [0.3, 0.4) is 0 Å². The number of carbonyl (C=O) groups excluding carboxylic acids is 1. The second-order valence-corrected chi connectivity index (χ2v) is 9.28. The Labute approximate surface area is 233 Å². The Kier molecular flexibility index (Phi) is 26.9. The molecule has 40 heavy (non-hydrogen) atoms. The molecule has 17 nitrogen and oxygen atoms in total. The van der Waals surface area contributed by atoms with Gasteiger partial charge in [0.25, 0.3) is 0 Å². The minimum Gasteiger partial charge on any atom is -0.480 e. The predicted octanol–water partition coefficient (Wildman–Crippen LogP) is -1.99. The number of carboxylic acid groups (broad SMARTS) is 5. The molecule has 1 aliphatic rings. The van der Waals surface area contributed by atoms with Gasteiger partial charge < -0.3 is 59.5 Å². The van der Waals surface area contributed by atoms with Gasteiger partial charge in [-0.1, -0.05) is 27.7 Å². The third-order valence-corrected chi connectivity index (χ3v) is 4.77. The highest BCUT2D eigenvalue weighted by Gasteiger charge is 2.20. The molecule has 17 heteroatoms. The van der Waals surface area contributed by atoms with Crippen LogP contribution in [-0.4, -0.2) is 98.0 Å². The summed E-state index contributed by atoms with van der Waals surface area (Å²) in [5.74, 6) is -5.14. The van der Waals surface area contributed by atoms with Gasteiger partial charge in [-0.2, -0.15) is 0 Å². The summed E-state index contributed by atoms with van der Waals surface area (Å²) in [5, 5.41) is 43.7. The summed E-state index contributed by atoms with van der Waals surface area (Å²) in [7, 11) is 0. The van der Waals surface area contributed by atoms with Crippen LogP contribution in [0.2, 0.25) is 0 Å². The van der Waals surface area contributed by atoms with Crippen LogP contribution in [-0.2, 0) is 28.8 Å². The van der Waals surface area contributed by atoms with Gasteiger partial charge in [-0.15, -0.1) is 0 Å². The molecule has 1 amide bonds. The summed E-state index contributed by atoms with van der Waals surface area (Å²) in [6.45, 7) is 9.38. The van der Waals surface area contributed by atoms with E-state index in [1.807, 2.05) is 0 Å². The lowest BCUT2D eigenvalue weighted by Gasteiger charge is -2.07. The van der Waals surface area contributed by atoms with Gasteiger partial charge in [0, 0.05) is 6.42 Å². The first-order valence-electron chi connectivity index (χ1n) is 12.3. The molecule has 5 atom stereocenters. The van der Waals surface area contributed by atoms with Crippen LogP contribution < -0.4 is 34.0 Å². The van der Waals surface area contributed by atoms with E-state index in [2.05, 4.69) is 5.32 Å². The van der Waals surface area contributed by atoms with E-state index in [0.717, 1.165) is 19.4 Å². The lowest BCUT2D eigenvalue weighted by molar-refractivity contribution is -0.140. The van der Waals surface area contributed by atoms with E-state index in [9.17, 15) is 28.8 Å². The molecule has 0 aromatic carbocycles. The van der Waals surface area contributed by atoms with E-state index in [-0.39, 0.29) is 30.7 Å². The summed E-state index contributed by atoms with van der Waals surface area (Å²) >= 11 is 0. The number of carboxylic acids is 5. The minimum absolute atomic E-state index is 0.0208. The fourth-order valence-electron chi connectivity index (χ4n) is 1.89. The van der Waals surface area contributed by atoms with Crippen molar-refractivity contribution >= 4 is 35.8 Å². The van der Waals surface area contributed by atoms with Crippen LogP contribution in [0.1, 0.15) is 60.3 Å². The van der Waals surface area contributed by atoms with Gasteiger partial charge in [-0.25, -0.2) is 0 Å². The topological polar surface area (TPSA) is 346 Å². The first-order chi connectivity index (χ1) is 18.1. The molecule has 1 saturated heterocycles. The van der Waals surface area contributed by atoms with Gasteiger partial charge in [-0.3, -0.25) is 28.8 Å². The minimum atomic E-state index is -1.11. The number of hydrogen-bond acceptors (Lipinski definition) is 11. The highest BCUT2D eigenvalue weighted by molar-refractivity contribution is 5.77. The molecule has 0 aliphatic carbocycles. The Hall–Kier alpha value is -3.38. The van der Waals surface area contributed by atoms with Crippen molar-refractivity contribution in [1.82, 2.24) is 5.32 Å². The normalized spacial score (nSPS) is 16.4. The molecule has 0 unspecified atom stereocenters. The first kappa shape index (κ1) is 43.7. The van der Waals surface area contributed by atoms with Crippen LogP contribution in [0, 0.1) is 11.8 Å². The maximum Gasteiger partial charge on any atom is 0.320 e. The Bertz CT molecular complexity index is 732. The monoisotopic (exact) mass is 584 g/mol. The fraction of sp³-hybridized carbons (Fsp3) is 0.739. The van der Waals surface area contributed by atoms with Gasteiger partial charge in [0.15, 0.2) is 0 Å². The van der Waals surface area contributed by atoms with Gasteiger partial charge in [0.05, 0.1) is 0 Å². The predicted molar refractivity (Wildman–Crippen MR) is 145 cm³/mol. The molecule has 0 bridgehead atoms. The zero-order chi connectivity index (χ0) is 32.7. The Morgan fingerprint density at radius 2 is 1.10 bits per heavy atom. The van der Waals surface area contributed by atoms with E-state index in [4.69, 9.17) is 54.2 Å². The van der Waals surface area contributed by atoms with E-state index in [1.165, 1.54) is 6.92 Å². The summed E-state index contributed by atoms with van der Waals surface area (Å²) in [6.07, 6.45) is 1.91. The third kappa shape index (κ3) is 29.2. The molecular formula is C23H48N6O11. The number of rotatable bonds is 10. The van der Waals surface area contributed by atoms with Gasteiger partial charge in [0.2, 0.25) is 5.91 Å². The molecule has 1 rings (SSSR count). The maximum atomic E-state index is 10.1. The summed E-state index contributed by atoms with van der Waals surface area (Å²) in [6, 6.07) is -3.41. The van der Waals surface area contributed by atoms with Crippen LogP contribution in [0.15, 0.2) is 0 Å². The molecule has 16 N–H and O–H groups in total. The third-order valence-electron chi connectivity index (χ3n) is 4.77. The fourth-order valence-corrected chi connectivity index (χ4v) is 1.89. The number of nitrogens with one attached hydrogen (secondary N) is 1. The van der Waals surface area contributed by atoms with Crippen molar-refractivity contribution < 1.29 is 54.3 Å². The van der Waals surface area contributed by atoms with E-state index < -0.39 is 59.9 Å². The lowest BCUT2D eigenvalue weighted by atomic mass is 10.1. The number of amides is 1. The molecule has 1 fully saturated rings. The van der Waals surface area contributed by atoms with Crippen LogP contribution in [0.4, 0.5) is 0 Å². The van der Waals surface area contributed by atoms with Crippen LogP contribution in [0.25, 0.3) is 0 Å². The number of primary amides is 1. The molecule has 236 valence electrons. The van der Waals surface area contributed by atoms with Crippen LogP contribution in [0.5, 0.6) is 0 Å². The van der Waals surface area contributed by atoms with Gasteiger partial charge >= 0.3 is 29.8 Å². The zero-order valence-electron chi connectivity index (χ0n) is 23.6. The second kappa shape index (κ2) is 24.6. The number of carbonyl (C=O) groups is 6. The summed E-state index contributed by atoms with van der Waals surface area (Å²) in [5.41, 5.74) is 25.0. The van der Waals surface area contributed by atoms with Gasteiger partial charge in [-0.05, 0) is 44.6 Å². The molecule has 0 spiro atoms. The average molecular weight is 585 g/mol. The summed E-state index contributed by atoms with van der Waals surface area (Å²) < 4.78 is 0. The van der Waals surface area contributed by atoms with Crippen molar-refractivity contribution in [2.75, 3.05) is 6.54 Å². The number of nitrogens with two attached hydrogens (primary N) is 5. The Morgan fingerprint density at radius 3 is 1.23 bits per heavy atom. The molecule has 1 heterocycles. The number of aliphatic carboxylic acids is 5. The smallest absolute Gasteiger partial charge is 0.320 e. The van der Waals surface area contributed by atoms with E-state index in [1.54, 1.807) is 27.7 Å². The van der Waals surface area contributed by atoms with E-state index in [0.29, 0.717) is 0 Å². The molecule has 1 aliphatic heterocycles. The molecule has 0 radical (unpaired) electrons. The van der Waals surface area contributed by atoms with Crippen molar-refractivity contribution in [3.8, 4) is 0 Å².